The fraction of sp³-hybridized carbons (Fsp3) is 0.375. The lowest BCUT2D eigenvalue weighted by atomic mass is 9.80. The van der Waals surface area contributed by atoms with Crippen LogP contribution < -0.4 is 19.5 Å². The molecule has 3 aliphatic heterocycles. The van der Waals surface area contributed by atoms with E-state index in [2.05, 4.69) is 10.2 Å². The molecular weight excluding hydrogens is 705 g/mol. The number of pyridine rings is 1. The molecule has 0 saturated carbocycles. The number of piperidine rings is 3. The Bertz CT molecular complexity index is 1860. The Morgan fingerprint density at radius 1 is 0.962 bits per heavy atom. The van der Waals surface area contributed by atoms with Gasteiger partial charge in [0, 0.05) is 18.0 Å². The van der Waals surface area contributed by atoms with Gasteiger partial charge in [0.15, 0.2) is 23.9 Å². The minimum absolute atomic E-state index is 0.108. The number of hydrogen-bond acceptors (Lipinski definition) is 8. The largest absolute Gasteiger partial charge is 0.619 e. The number of carbonyl (C=O) groups is 2. The van der Waals surface area contributed by atoms with Crippen molar-refractivity contribution in [3.05, 3.63) is 128 Å². The van der Waals surface area contributed by atoms with Gasteiger partial charge in [-0.25, -0.2) is 9.59 Å². The van der Waals surface area contributed by atoms with Crippen molar-refractivity contribution in [3.8, 4) is 11.5 Å². The molecule has 4 aromatic rings. The van der Waals surface area contributed by atoms with Gasteiger partial charge >= 0.3 is 11.9 Å². The van der Waals surface area contributed by atoms with Gasteiger partial charge in [0.25, 0.3) is 0 Å². The van der Waals surface area contributed by atoms with E-state index in [0.29, 0.717) is 52.7 Å². The van der Waals surface area contributed by atoms with Crippen LogP contribution in [0.3, 0.4) is 0 Å². The minimum Gasteiger partial charge on any atom is -0.619 e. The summed E-state index contributed by atoms with van der Waals surface area (Å²) in [4.78, 5) is 28.9. The number of aryl methyl sites for hydroxylation is 1. The predicted molar refractivity (Wildman–Crippen MR) is 198 cm³/mol. The lowest BCUT2D eigenvalue weighted by molar-refractivity contribution is -0.605. The number of aromatic nitrogens is 1. The van der Waals surface area contributed by atoms with E-state index < -0.39 is 17.9 Å². The van der Waals surface area contributed by atoms with E-state index in [-0.39, 0.29) is 34.1 Å². The van der Waals surface area contributed by atoms with Gasteiger partial charge in [0.2, 0.25) is 0 Å². The first-order chi connectivity index (χ1) is 25.2. The van der Waals surface area contributed by atoms with Crippen LogP contribution in [-0.2, 0) is 22.4 Å². The first kappa shape index (κ1) is 37.4. The number of hydrogen-bond donors (Lipinski definition) is 2. The second kappa shape index (κ2) is 17.0. The molecule has 3 atom stereocenters. The van der Waals surface area contributed by atoms with Gasteiger partial charge in [-0.05, 0) is 98.1 Å². The average Bonchev–Trinajstić information content (AvgIpc) is 3.15. The van der Waals surface area contributed by atoms with Gasteiger partial charge in [-0.2, -0.15) is 4.73 Å². The zero-order valence-electron chi connectivity index (χ0n) is 29.2. The molecule has 4 heterocycles. The quantitative estimate of drug-likeness (QED) is 0.0598. The summed E-state index contributed by atoms with van der Waals surface area (Å²) in [7, 11) is 3.08. The second-order valence-electron chi connectivity index (χ2n) is 13.4. The Balaban J connectivity index is 1.28. The summed E-state index contributed by atoms with van der Waals surface area (Å²) in [5.41, 5.74) is 3.62. The number of carbonyl (C=O) groups excluding carboxylic acids is 1. The van der Waals surface area contributed by atoms with Gasteiger partial charge in [-0.1, -0.05) is 71.7 Å². The van der Waals surface area contributed by atoms with Crippen LogP contribution in [0, 0.1) is 11.1 Å². The lowest BCUT2D eigenvalue weighted by Gasteiger charge is -2.44. The fourth-order valence-corrected chi connectivity index (χ4v) is 8.18. The number of fused-ring (bicyclic) bond motifs is 3. The molecule has 3 aliphatic rings. The molecule has 2 unspecified atom stereocenters. The van der Waals surface area contributed by atoms with Crippen LogP contribution >= 0.6 is 23.2 Å². The molecule has 3 saturated heterocycles. The van der Waals surface area contributed by atoms with Crippen molar-refractivity contribution >= 4 is 35.1 Å². The van der Waals surface area contributed by atoms with Crippen molar-refractivity contribution in [3.63, 3.8) is 0 Å². The molecule has 1 aromatic heterocycles. The number of nitrogens with one attached hydrogen (secondary N) is 1. The minimum atomic E-state index is -1.08. The number of ether oxygens (including phenoxy) is 3. The van der Waals surface area contributed by atoms with E-state index in [1.807, 2.05) is 48.5 Å². The number of nitrogens with zero attached hydrogens (tertiary/aromatic N) is 2. The van der Waals surface area contributed by atoms with Gasteiger partial charge in [-0.15, -0.1) is 0 Å². The van der Waals surface area contributed by atoms with E-state index in [4.69, 9.17) is 37.4 Å². The maximum atomic E-state index is 13.7. The SMILES string of the molecule is COc1ccc(C(Cc2c(Cl)c[n+]([O-])cc2Cl)c2c(CCCNC(C(=O)O[C@H]3CN4CCC3CC4)c3ccccc3)cccc2C(=O)O)cc1OC. The molecule has 274 valence electrons. The number of halogens is 2. The number of carboxylic acid groups (broad SMARTS) is 1. The number of methoxy groups -OCH3 is 2. The molecule has 3 fully saturated rings. The summed E-state index contributed by atoms with van der Waals surface area (Å²) in [5, 5.41) is 26.4. The van der Waals surface area contributed by atoms with Crippen LogP contribution in [0.5, 0.6) is 11.5 Å². The van der Waals surface area contributed by atoms with E-state index in [0.717, 1.165) is 49.2 Å². The summed E-state index contributed by atoms with van der Waals surface area (Å²) in [5.74, 6) is -0.535. The molecule has 0 amide bonds. The number of aromatic carboxylic acids is 1. The van der Waals surface area contributed by atoms with Crippen LogP contribution in [-0.4, -0.2) is 68.4 Å². The van der Waals surface area contributed by atoms with E-state index in [9.17, 15) is 19.9 Å². The van der Waals surface area contributed by atoms with Crippen LogP contribution in [0.1, 0.15) is 69.4 Å². The van der Waals surface area contributed by atoms with Gasteiger partial charge in [0.1, 0.15) is 22.2 Å². The highest BCUT2D eigenvalue weighted by molar-refractivity contribution is 6.35. The fourth-order valence-electron chi connectivity index (χ4n) is 7.58. The Kier molecular flexibility index (Phi) is 12.2. The monoisotopic (exact) mass is 747 g/mol. The summed E-state index contributed by atoms with van der Waals surface area (Å²) < 4.78 is 17.8. The normalized spacial score (nSPS) is 19.1. The molecule has 3 aromatic carbocycles. The zero-order valence-corrected chi connectivity index (χ0v) is 30.7. The lowest BCUT2D eigenvalue weighted by Crippen LogP contribution is -2.52. The number of benzene rings is 3. The highest BCUT2D eigenvalue weighted by atomic mass is 35.5. The van der Waals surface area contributed by atoms with Crippen molar-refractivity contribution in [1.82, 2.24) is 10.2 Å². The Morgan fingerprint density at radius 3 is 2.31 bits per heavy atom. The number of carboxylic acids is 1. The maximum absolute atomic E-state index is 13.7. The van der Waals surface area contributed by atoms with Gasteiger partial charge in [0.05, 0.1) is 19.8 Å². The topological polar surface area (TPSA) is 124 Å². The third-order valence-corrected chi connectivity index (χ3v) is 10.9. The van der Waals surface area contributed by atoms with E-state index in [1.54, 1.807) is 25.3 Å². The molecule has 0 aliphatic carbocycles. The smallest absolute Gasteiger partial charge is 0.335 e. The summed E-state index contributed by atoms with van der Waals surface area (Å²) in [6.45, 7) is 3.36. The predicted octanol–water partition coefficient (Wildman–Crippen LogP) is 6.62. The summed E-state index contributed by atoms with van der Waals surface area (Å²) in [6, 6.07) is 19.6. The highest BCUT2D eigenvalue weighted by Crippen LogP contribution is 2.40. The van der Waals surface area contributed by atoms with Crippen LogP contribution in [0.2, 0.25) is 10.0 Å². The first-order valence-electron chi connectivity index (χ1n) is 17.5. The molecule has 7 rings (SSSR count). The van der Waals surface area contributed by atoms with E-state index in [1.165, 1.54) is 19.5 Å². The van der Waals surface area contributed by atoms with Crippen molar-refractivity contribution in [2.45, 2.75) is 50.2 Å². The zero-order chi connectivity index (χ0) is 36.8. The summed E-state index contributed by atoms with van der Waals surface area (Å²) in [6.07, 6.45) is 5.74. The molecule has 0 spiro atoms. The molecular formula is C40H43Cl2N3O7. The van der Waals surface area contributed by atoms with Crippen molar-refractivity contribution in [2.75, 3.05) is 40.4 Å². The Morgan fingerprint density at radius 2 is 1.67 bits per heavy atom. The second-order valence-corrected chi connectivity index (χ2v) is 14.2. The van der Waals surface area contributed by atoms with E-state index >= 15 is 0 Å². The Hall–Kier alpha value is -4.35. The molecule has 2 bridgehead atoms. The highest BCUT2D eigenvalue weighted by Gasteiger charge is 2.38. The van der Waals surface area contributed by atoms with Crippen molar-refractivity contribution < 1.29 is 33.6 Å². The Labute approximate surface area is 313 Å². The molecule has 12 heteroatoms. The standard InChI is InChI=1S/C40H43Cl2N3O7/c1-50-34-14-13-28(20-35(34)51-2)30(21-31-32(41)22-45(49)23-33(31)42)37-26(10-6-12-29(37)39(46)47)11-7-17-43-38(27-8-4-3-5-9-27)40(48)52-36-24-44-18-15-25(36)16-19-44/h3-6,8-10,12-14,20,22-23,25,30,36,38,43H,7,11,15-19,21,24H2,1-2H3,(H,46,47)/t30?,36-,38?/m0/s1. The molecule has 0 radical (unpaired) electrons. The van der Waals surface area contributed by atoms with Crippen molar-refractivity contribution in [1.29, 1.82) is 0 Å². The van der Waals surface area contributed by atoms with Crippen molar-refractivity contribution in [2.24, 2.45) is 5.92 Å². The molecule has 10 nitrogen and oxygen atoms in total. The van der Waals surface area contributed by atoms with Gasteiger partial charge < -0.3 is 29.8 Å². The van der Waals surface area contributed by atoms with Crippen LogP contribution in [0.25, 0.3) is 0 Å². The molecule has 2 N–H and O–H groups in total. The third kappa shape index (κ3) is 8.47. The average molecular weight is 749 g/mol. The van der Waals surface area contributed by atoms with Crippen LogP contribution in [0.4, 0.5) is 0 Å². The summed E-state index contributed by atoms with van der Waals surface area (Å²) >= 11 is 13.2. The molecule has 52 heavy (non-hydrogen) atoms. The van der Waals surface area contributed by atoms with Gasteiger partial charge in [-0.3, -0.25) is 4.90 Å². The number of rotatable bonds is 15. The third-order valence-electron chi connectivity index (χ3n) is 10.3. The first-order valence-corrected chi connectivity index (χ1v) is 18.3. The number of esters is 1. The maximum Gasteiger partial charge on any atom is 0.335 e. The van der Waals surface area contributed by atoms with Crippen LogP contribution in [0.15, 0.2) is 79.1 Å².